The van der Waals surface area contributed by atoms with E-state index in [-0.39, 0.29) is 5.92 Å². The maximum absolute atomic E-state index is 9.18. The van der Waals surface area contributed by atoms with Crippen LogP contribution < -0.4 is 0 Å². The van der Waals surface area contributed by atoms with Crippen LogP contribution in [0.5, 0.6) is 0 Å². The summed E-state index contributed by atoms with van der Waals surface area (Å²) in [7, 11) is 0. The van der Waals surface area contributed by atoms with Gasteiger partial charge in [0.25, 0.3) is 0 Å². The summed E-state index contributed by atoms with van der Waals surface area (Å²) in [5.41, 5.74) is 2.28. The van der Waals surface area contributed by atoms with Gasteiger partial charge in [0, 0.05) is 12.4 Å². The van der Waals surface area contributed by atoms with Gasteiger partial charge in [0.15, 0.2) is 0 Å². The van der Waals surface area contributed by atoms with Gasteiger partial charge in [-0.2, -0.15) is 5.26 Å². The number of nitriles is 1. The molecule has 2 nitrogen and oxygen atoms in total. The minimum absolute atomic E-state index is 0.0658. The van der Waals surface area contributed by atoms with Gasteiger partial charge in [0.2, 0.25) is 0 Å². The molecule has 2 rings (SSSR count). The minimum atomic E-state index is -0.0658. The van der Waals surface area contributed by atoms with E-state index in [2.05, 4.69) is 23.2 Å². The Morgan fingerprint density at radius 1 is 1.12 bits per heavy atom. The molecule has 1 aromatic carbocycles. The van der Waals surface area contributed by atoms with Crippen molar-refractivity contribution in [3.63, 3.8) is 0 Å². The number of rotatable bonds is 4. The number of nitrogens with zero attached hydrogens (tertiary/aromatic N) is 2. The zero-order valence-corrected chi connectivity index (χ0v) is 9.58. The van der Waals surface area contributed by atoms with Crippen LogP contribution in [0.4, 0.5) is 0 Å². The molecule has 0 spiro atoms. The summed E-state index contributed by atoms with van der Waals surface area (Å²) < 4.78 is 0. The number of aromatic nitrogens is 1. The lowest BCUT2D eigenvalue weighted by Gasteiger charge is -2.08. The normalized spacial score (nSPS) is 11.7. The molecular weight excluding hydrogens is 208 g/mol. The summed E-state index contributed by atoms with van der Waals surface area (Å²) in [6, 6.07) is 16.4. The molecule has 0 fully saturated rings. The van der Waals surface area contributed by atoms with Crippen LogP contribution in [0.15, 0.2) is 54.9 Å². The first-order chi connectivity index (χ1) is 8.40. The fourth-order valence-electron chi connectivity index (χ4n) is 1.84. The minimum Gasteiger partial charge on any atom is -0.264 e. The lowest BCUT2D eigenvalue weighted by molar-refractivity contribution is 0.743. The third-order valence-electron chi connectivity index (χ3n) is 2.81. The predicted octanol–water partition coefficient (Wildman–Crippen LogP) is 3.32. The highest BCUT2D eigenvalue weighted by Crippen LogP contribution is 2.19. The Morgan fingerprint density at radius 3 is 2.59 bits per heavy atom. The van der Waals surface area contributed by atoms with E-state index in [4.69, 9.17) is 0 Å². The number of pyridine rings is 1. The smallest absolute Gasteiger partial charge is 0.0730 e. The second-order valence-corrected chi connectivity index (χ2v) is 3.99. The van der Waals surface area contributed by atoms with E-state index in [0.717, 1.165) is 18.4 Å². The van der Waals surface area contributed by atoms with Gasteiger partial charge in [-0.15, -0.1) is 0 Å². The van der Waals surface area contributed by atoms with Crippen molar-refractivity contribution in [1.29, 1.82) is 5.26 Å². The molecule has 0 N–H and O–H groups in total. The van der Waals surface area contributed by atoms with Gasteiger partial charge in [-0.3, -0.25) is 4.98 Å². The summed E-state index contributed by atoms with van der Waals surface area (Å²) >= 11 is 0. The molecule has 0 saturated carbocycles. The SMILES string of the molecule is N#C[C@@H](CCc1ccccc1)c1cccnc1. The lowest BCUT2D eigenvalue weighted by Crippen LogP contribution is -1.98. The van der Waals surface area contributed by atoms with Crippen LogP contribution in [0, 0.1) is 11.3 Å². The van der Waals surface area contributed by atoms with Gasteiger partial charge >= 0.3 is 0 Å². The Balaban J connectivity index is 2.01. The van der Waals surface area contributed by atoms with E-state index in [9.17, 15) is 5.26 Å². The molecule has 2 aromatic rings. The summed E-state index contributed by atoms with van der Waals surface area (Å²) in [5.74, 6) is -0.0658. The first-order valence-corrected chi connectivity index (χ1v) is 5.73. The summed E-state index contributed by atoms with van der Waals surface area (Å²) in [6.45, 7) is 0. The number of hydrogen-bond acceptors (Lipinski definition) is 2. The van der Waals surface area contributed by atoms with Crippen molar-refractivity contribution in [2.75, 3.05) is 0 Å². The van der Waals surface area contributed by atoms with E-state index in [0.29, 0.717) is 0 Å². The Kier molecular flexibility index (Phi) is 3.88. The summed E-state index contributed by atoms with van der Waals surface area (Å²) in [5, 5.41) is 9.18. The first-order valence-electron chi connectivity index (χ1n) is 5.73. The van der Waals surface area contributed by atoms with Crippen molar-refractivity contribution in [2.45, 2.75) is 18.8 Å². The highest BCUT2D eigenvalue weighted by Gasteiger charge is 2.10. The molecule has 0 aliphatic heterocycles. The lowest BCUT2D eigenvalue weighted by atomic mass is 9.95. The van der Waals surface area contributed by atoms with Gasteiger partial charge in [-0.1, -0.05) is 36.4 Å². The van der Waals surface area contributed by atoms with Gasteiger partial charge in [0.05, 0.1) is 12.0 Å². The number of hydrogen-bond donors (Lipinski definition) is 0. The predicted molar refractivity (Wildman–Crippen MR) is 67.4 cm³/mol. The third-order valence-corrected chi connectivity index (χ3v) is 2.81. The maximum Gasteiger partial charge on any atom is 0.0730 e. The molecule has 0 saturated heterocycles. The molecule has 0 aliphatic carbocycles. The molecule has 2 heteroatoms. The molecule has 1 atom stereocenters. The van der Waals surface area contributed by atoms with Gasteiger partial charge in [0.1, 0.15) is 0 Å². The van der Waals surface area contributed by atoms with E-state index in [1.165, 1.54) is 5.56 Å². The summed E-state index contributed by atoms with van der Waals surface area (Å²) in [6.07, 6.45) is 5.27. The highest BCUT2D eigenvalue weighted by molar-refractivity contribution is 5.22. The van der Waals surface area contributed by atoms with E-state index >= 15 is 0 Å². The molecular formula is C15H14N2. The summed E-state index contributed by atoms with van der Waals surface area (Å²) in [4.78, 5) is 4.06. The van der Waals surface area contributed by atoms with Crippen LogP contribution in [-0.2, 0) is 6.42 Å². The van der Waals surface area contributed by atoms with Crippen LogP contribution in [0.1, 0.15) is 23.5 Å². The second-order valence-electron chi connectivity index (χ2n) is 3.99. The maximum atomic E-state index is 9.18. The topological polar surface area (TPSA) is 36.7 Å². The zero-order valence-electron chi connectivity index (χ0n) is 9.58. The van der Waals surface area contributed by atoms with E-state index in [1.54, 1.807) is 12.4 Å². The molecule has 17 heavy (non-hydrogen) atoms. The number of aryl methyl sites for hydroxylation is 1. The van der Waals surface area contributed by atoms with Crippen LogP contribution in [0.2, 0.25) is 0 Å². The average molecular weight is 222 g/mol. The van der Waals surface area contributed by atoms with Crippen molar-refractivity contribution in [3.05, 3.63) is 66.0 Å². The average Bonchev–Trinajstić information content (AvgIpc) is 2.42. The molecule has 0 unspecified atom stereocenters. The fourth-order valence-corrected chi connectivity index (χ4v) is 1.84. The van der Waals surface area contributed by atoms with Crippen molar-refractivity contribution < 1.29 is 0 Å². The van der Waals surface area contributed by atoms with Crippen molar-refractivity contribution in [1.82, 2.24) is 4.98 Å². The molecule has 84 valence electrons. The van der Waals surface area contributed by atoms with Crippen LogP contribution >= 0.6 is 0 Å². The molecule has 1 heterocycles. The largest absolute Gasteiger partial charge is 0.264 e. The van der Waals surface area contributed by atoms with Crippen LogP contribution in [0.3, 0.4) is 0 Å². The third kappa shape index (κ3) is 3.15. The Morgan fingerprint density at radius 2 is 1.94 bits per heavy atom. The molecule has 0 aliphatic rings. The monoisotopic (exact) mass is 222 g/mol. The van der Waals surface area contributed by atoms with Crippen LogP contribution in [0.25, 0.3) is 0 Å². The second kappa shape index (κ2) is 5.81. The van der Waals surface area contributed by atoms with E-state index < -0.39 is 0 Å². The number of benzene rings is 1. The zero-order chi connectivity index (χ0) is 11.9. The van der Waals surface area contributed by atoms with Gasteiger partial charge in [-0.25, -0.2) is 0 Å². The quantitative estimate of drug-likeness (QED) is 0.795. The highest BCUT2D eigenvalue weighted by atomic mass is 14.6. The van der Waals surface area contributed by atoms with E-state index in [1.807, 2.05) is 30.3 Å². The molecule has 0 bridgehead atoms. The van der Waals surface area contributed by atoms with Crippen LogP contribution in [-0.4, -0.2) is 4.98 Å². The van der Waals surface area contributed by atoms with Crippen molar-refractivity contribution >= 4 is 0 Å². The van der Waals surface area contributed by atoms with Gasteiger partial charge < -0.3 is 0 Å². The molecule has 0 radical (unpaired) electrons. The Hall–Kier alpha value is -2.14. The first kappa shape index (κ1) is 11.3. The Labute approximate surface area is 102 Å². The Bertz CT molecular complexity index is 485. The standard InChI is InChI=1S/C15H14N2/c16-11-14(15-7-4-10-17-12-15)9-8-13-5-2-1-3-6-13/h1-7,10,12,14H,8-9H2/t14-/m1/s1. The van der Waals surface area contributed by atoms with Gasteiger partial charge in [-0.05, 0) is 30.0 Å². The molecule has 0 amide bonds. The van der Waals surface area contributed by atoms with Crippen molar-refractivity contribution in [2.24, 2.45) is 0 Å². The fraction of sp³-hybridized carbons (Fsp3) is 0.200. The molecule has 1 aromatic heterocycles. The van der Waals surface area contributed by atoms with Crippen molar-refractivity contribution in [3.8, 4) is 6.07 Å².